The Labute approximate surface area is 93.5 Å². The second kappa shape index (κ2) is 6.21. The highest BCUT2D eigenvalue weighted by atomic mass is 35.5. The molecule has 0 aliphatic heterocycles. The molecule has 0 aromatic carbocycles. The van der Waals surface area contributed by atoms with Crippen LogP contribution in [0.3, 0.4) is 0 Å². The van der Waals surface area contributed by atoms with Crippen molar-refractivity contribution in [2.45, 2.75) is 13.0 Å². The Kier molecular flexibility index (Phi) is 5.66. The lowest BCUT2D eigenvalue weighted by Crippen LogP contribution is -2.38. The largest absolute Gasteiger partial charge is 0.348 e. The number of pyridine rings is 1. The number of nitrogens with one attached hydrogen (secondary N) is 2. The van der Waals surface area contributed by atoms with Gasteiger partial charge < -0.3 is 16.0 Å². The van der Waals surface area contributed by atoms with Gasteiger partial charge in [-0.2, -0.15) is 0 Å². The molecule has 0 spiro atoms. The summed E-state index contributed by atoms with van der Waals surface area (Å²) < 4.78 is 0. The Morgan fingerprint density at radius 3 is 2.87 bits per heavy atom. The maximum atomic E-state index is 11.4. The van der Waals surface area contributed by atoms with Gasteiger partial charge in [0.1, 0.15) is 0 Å². The first kappa shape index (κ1) is 13.7. The Morgan fingerprint density at radius 2 is 2.33 bits per heavy atom. The van der Waals surface area contributed by atoms with Crippen LogP contribution in [0, 0.1) is 0 Å². The molecule has 15 heavy (non-hydrogen) atoms. The van der Waals surface area contributed by atoms with Gasteiger partial charge in [0.2, 0.25) is 5.56 Å². The number of rotatable bonds is 3. The van der Waals surface area contributed by atoms with Crippen LogP contribution in [0.5, 0.6) is 0 Å². The Hall–Kier alpha value is -1.33. The lowest BCUT2D eigenvalue weighted by Gasteiger charge is -2.10. The van der Waals surface area contributed by atoms with Crippen LogP contribution in [-0.2, 0) is 0 Å². The van der Waals surface area contributed by atoms with Crippen LogP contribution in [-0.4, -0.2) is 23.5 Å². The third kappa shape index (κ3) is 4.14. The van der Waals surface area contributed by atoms with Gasteiger partial charge in [-0.05, 0) is 13.0 Å². The molecule has 4 N–H and O–H groups in total. The molecular formula is C9H14ClN3O2. The number of halogens is 1. The van der Waals surface area contributed by atoms with E-state index in [4.69, 9.17) is 5.73 Å². The summed E-state index contributed by atoms with van der Waals surface area (Å²) in [7, 11) is 0. The zero-order chi connectivity index (χ0) is 10.6. The number of aromatic amines is 1. The molecule has 0 bridgehead atoms. The van der Waals surface area contributed by atoms with Crippen LogP contribution < -0.4 is 16.6 Å². The standard InChI is InChI=1S/C9H13N3O2.ClH/c1-6(5-10)12-9(14)7-2-3-11-8(13)4-7;/h2-4,6H,5,10H2,1H3,(H,11,13)(H,12,14);1H/t6-;/m0./s1. The molecule has 0 unspecified atom stereocenters. The first-order chi connectivity index (χ1) is 6.63. The molecule has 0 aliphatic rings. The van der Waals surface area contributed by atoms with Crippen LogP contribution in [0.4, 0.5) is 0 Å². The number of carbonyl (C=O) groups is 1. The van der Waals surface area contributed by atoms with Crippen LogP contribution in [0.2, 0.25) is 0 Å². The van der Waals surface area contributed by atoms with Gasteiger partial charge in [-0.1, -0.05) is 0 Å². The summed E-state index contributed by atoms with van der Waals surface area (Å²) in [5, 5.41) is 2.66. The first-order valence-electron chi connectivity index (χ1n) is 4.33. The number of carbonyl (C=O) groups excluding carboxylic acids is 1. The zero-order valence-electron chi connectivity index (χ0n) is 8.32. The molecule has 5 nitrogen and oxygen atoms in total. The molecule has 0 aliphatic carbocycles. The second-order valence-corrected chi connectivity index (χ2v) is 3.05. The molecule has 84 valence electrons. The van der Waals surface area contributed by atoms with Gasteiger partial charge in [0, 0.05) is 30.4 Å². The highest BCUT2D eigenvalue weighted by molar-refractivity contribution is 5.94. The van der Waals surface area contributed by atoms with Gasteiger partial charge in [0.15, 0.2) is 0 Å². The van der Waals surface area contributed by atoms with Crippen molar-refractivity contribution in [1.29, 1.82) is 0 Å². The number of aromatic nitrogens is 1. The Bertz CT molecular complexity index is 378. The van der Waals surface area contributed by atoms with Gasteiger partial charge in [0.25, 0.3) is 5.91 Å². The van der Waals surface area contributed by atoms with E-state index in [1.807, 2.05) is 0 Å². The molecule has 0 fully saturated rings. The van der Waals surface area contributed by atoms with E-state index in [0.717, 1.165) is 0 Å². The summed E-state index contributed by atoms with van der Waals surface area (Å²) in [4.78, 5) is 24.8. The molecule has 0 radical (unpaired) electrons. The maximum Gasteiger partial charge on any atom is 0.251 e. The number of hydrogen-bond acceptors (Lipinski definition) is 3. The van der Waals surface area contributed by atoms with Gasteiger partial charge in [-0.25, -0.2) is 0 Å². The number of amides is 1. The smallest absolute Gasteiger partial charge is 0.251 e. The molecule has 1 amide bonds. The average Bonchev–Trinajstić information content (AvgIpc) is 2.17. The third-order valence-electron chi connectivity index (χ3n) is 1.77. The highest BCUT2D eigenvalue weighted by Crippen LogP contribution is 1.93. The van der Waals surface area contributed by atoms with E-state index >= 15 is 0 Å². The van der Waals surface area contributed by atoms with E-state index in [1.165, 1.54) is 12.3 Å². The van der Waals surface area contributed by atoms with Gasteiger partial charge in [-0.15, -0.1) is 12.4 Å². The number of H-pyrrole nitrogens is 1. The van der Waals surface area contributed by atoms with Crippen molar-refractivity contribution >= 4 is 18.3 Å². The highest BCUT2D eigenvalue weighted by Gasteiger charge is 2.08. The third-order valence-corrected chi connectivity index (χ3v) is 1.77. The number of hydrogen-bond donors (Lipinski definition) is 3. The summed E-state index contributed by atoms with van der Waals surface area (Å²) in [5.41, 5.74) is 5.39. The zero-order valence-corrected chi connectivity index (χ0v) is 9.14. The van der Waals surface area contributed by atoms with E-state index in [0.29, 0.717) is 12.1 Å². The van der Waals surface area contributed by atoms with Gasteiger partial charge in [0.05, 0.1) is 0 Å². The molecule has 1 heterocycles. The van der Waals surface area contributed by atoms with Crippen molar-refractivity contribution in [1.82, 2.24) is 10.3 Å². The summed E-state index contributed by atoms with van der Waals surface area (Å²) in [6, 6.07) is 2.69. The van der Waals surface area contributed by atoms with Crippen molar-refractivity contribution < 1.29 is 4.79 Å². The summed E-state index contributed by atoms with van der Waals surface area (Å²) in [6.45, 7) is 2.17. The Morgan fingerprint density at radius 1 is 1.67 bits per heavy atom. The molecule has 0 saturated heterocycles. The molecule has 0 saturated carbocycles. The predicted octanol–water partition coefficient (Wildman–Crippen LogP) is -0.126. The van der Waals surface area contributed by atoms with Gasteiger partial charge >= 0.3 is 0 Å². The van der Waals surface area contributed by atoms with E-state index in [-0.39, 0.29) is 29.9 Å². The van der Waals surface area contributed by atoms with E-state index in [2.05, 4.69) is 10.3 Å². The van der Waals surface area contributed by atoms with Crippen molar-refractivity contribution in [3.05, 3.63) is 34.2 Å². The summed E-state index contributed by atoms with van der Waals surface area (Å²) in [5.74, 6) is -0.283. The quantitative estimate of drug-likeness (QED) is 0.677. The molecular weight excluding hydrogens is 218 g/mol. The van der Waals surface area contributed by atoms with Crippen molar-refractivity contribution in [2.75, 3.05) is 6.54 Å². The minimum Gasteiger partial charge on any atom is -0.348 e. The molecule has 1 rings (SSSR count). The Balaban J connectivity index is 0.00000196. The SMILES string of the molecule is C[C@@H](CN)NC(=O)c1cc[nH]c(=O)c1.Cl. The normalized spacial score (nSPS) is 11.3. The van der Waals surface area contributed by atoms with Crippen molar-refractivity contribution in [3.8, 4) is 0 Å². The predicted molar refractivity (Wildman–Crippen MR) is 60.3 cm³/mol. The molecule has 1 atom stereocenters. The topological polar surface area (TPSA) is 88.0 Å². The second-order valence-electron chi connectivity index (χ2n) is 3.05. The monoisotopic (exact) mass is 231 g/mol. The fourth-order valence-electron chi connectivity index (χ4n) is 0.952. The lowest BCUT2D eigenvalue weighted by molar-refractivity contribution is 0.0941. The average molecular weight is 232 g/mol. The van der Waals surface area contributed by atoms with Crippen molar-refractivity contribution in [3.63, 3.8) is 0 Å². The summed E-state index contributed by atoms with van der Waals surface area (Å²) >= 11 is 0. The first-order valence-corrected chi connectivity index (χ1v) is 4.33. The minimum absolute atomic E-state index is 0. The van der Waals surface area contributed by atoms with E-state index < -0.39 is 0 Å². The van der Waals surface area contributed by atoms with Crippen LogP contribution >= 0.6 is 12.4 Å². The molecule has 1 aromatic rings. The minimum atomic E-state index is -0.293. The molecule has 6 heteroatoms. The molecule has 1 aromatic heterocycles. The van der Waals surface area contributed by atoms with Crippen LogP contribution in [0.15, 0.2) is 23.1 Å². The van der Waals surface area contributed by atoms with E-state index in [9.17, 15) is 9.59 Å². The fraction of sp³-hybridized carbons (Fsp3) is 0.333. The van der Waals surface area contributed by atoms with E-state index in [1.54, 1.807) is 13.0 Å². The lowest BCUT2D eigenvalue weighted by atomic mass is 10.2. The van der Waals surface area contributed by atoms with Crippen molar-refractivity contribution in [2.24, 2.45) is 5.73 Å². The summed E-state index contributed by atoms with van der Waals surface area (Å²) in [6.07, 6.45) is 1.43. The van der Waals surface area contributed by atoms with Crippen LogP contribution in [0.25, 0.3) is 0 Å². The maximum absolute atomic E-state index is 11.4. The van der Waals surface area contributed by atoms with Crippen LogP contribution in [0.1, 0.15) is 17.3 Å². The fourth-order valence-corrected chi connectivity index (χ4v) is 0.952. The number of nitrogens with two attached hydrogens (primary N) is 1. The van der Waals surface area contributed by atoms with Gasteiger partial charge in [-0.3, -0.25) is 9.59 Å².